The zero-order chi connectivity index (χ0) is 14.4. The number of aliphatic hydroxyl groups is 1. The molecule has 20 heavy (non-hydrogen) atoms. The Hall–Kier alpha value is -1.06. The summed E-state index contributed by atoms with van der Waals surface area (Å²) in [4.78, 5) is 0. The molecule has 1 aromatic rings. The molecule has 0 amide bonds. The summed E-state index contributed by atoms with van der Waals surface area (Å²) in [6.07, 6.45) is 4.37. The van der Waals surface area contributed by atoms with Crippen molar-refractivity contribution >= 4 is 5.69 Å². The molecule has 1 aliphatic rings. The normalized spacial score (nSPS) is 14.8. The lowest BCUT2D eigenvalue weighted by Gasteiger charge is -2.26. The van der Waals surface area contributed by atoms with Crippen LogP contribution in [0.5, 0.6) is 0 Å². The molecule has 0 spiro atoms. The van der Waals surface area contributed by atoms with Crippen LogP contribution in [0.4, 0.5) is 5.69 Å². The predicted molar refractivity (Wildman–Crippen MR) is 85.1 cm³/mol. The molecule has 0 saturated carbocycles. The number of hydrogen-bond acceptors (Lipinski definition) is 3. The summed E-state index contributed by atoms with van der Waals surface area (Å²) in [5.74, 6) is 0. The minimum atomic E-state index is 0.241. The van der Waals surface area contributed by atoms with E-state index in [1.807, 2.05) is 0 Å². The quantitative estimate of drug-likeness (QED) is 0.717. The summed E-state index contributed by atoms with van der Waals surface area (Å²) in [5, 5.41) is 16.1. The molecule has 3 N–H and O–H groups in total. The number of anilines is 1. The maximum Gasteiger partial charge on any atom is 0.0431 e. The number of aryl methyl sites for hydroxylation is 1. The summed E-state index contributed by atoms with van der Waals surface area (Å²) < 4.78 is 0. The molecule has 1 aromatic carbocycles. The summed E-state index contributed by atoms with van der Waals surface area (Å²) >= 11 is 0. The van der Waals surface area contributed by atoms with Gasteiger partial charge in [0.05, 0.1) is 0 Å². The van der Waals surface area contributed by atoms with Crippen LogP contribution in [0.15, 0.2) is 18.2 Å². The Morgan fingerprint density at radius 1 is 1.35 bits per heavy atom. The fourth-order valence-electron chi connectivity index (χ4n) is 2.91. The van der Waals surface area contributed by atoms with Gasteiger partial charge in [-0.1, -0.05) is 32.0 Å². The lowest BCUT2D eigenvalue weighted by atomic mass is 9.88. The van der Waals surface area contributed by atoms with Gasteiger partial charge in [0.2, 0.25) is 0 Å². The van der Waals surface area contributed by atoms with Crippen molar-refractivity contribution < 1.29 is 5.11 Å². The third kappa shape index (κ3) is 4.22. The van der Waals surface area contributed by atoms with E-state index in [4.69, 9.17) is 5.11 Å². The molecule has 0 aromatic heterocycles. The van der Waals surface area contributed by atoms with Crippen LogP contribution >= 0.6 is 0 Å². The minimum Gasteiger partial charge on any atom is -0.396 e. The van der Waals surface area contributed by atoms with Crippen molar-refractivity contribution in [3.05, 3.63) is 29.3 Å². The third-order valence-electron chi connectivity index (χ3n) is 4.09. The molecule has 0 aliphatic carbocycles. The Bertz CT molecular complexity index is 429. The molecule has 1 aliphatic heterocycles. The first-order chi connectivity index (χ1) is 9.62. The molecule has 3 nitrogen and oxygen atoms in total. The summed E-state index contributed by atoms with van der Waals surface area (Å²) in [6.45, 7) is 7.80. The van der Waals surface area contributed by atoms with Crippen LogP contribution in [-0.2, 0) is 13.0 Å². The number of benzene rings is 1. The van der Waals surface area contributed by atoms with Gasteiger partial charge in [0.25, 0.3) is 0 Å². The molecule has 1 heterocycles. The van der Waals surface area contributed by atoms with Crippen molar-refractivity contribution in [3.8, 4) is 0 Å². The van der Waals surface area contributed by atoms with E-state index in [1.165, 1.54) is 29.7 Å². The number of fused-ring (bicyclic) bond motifs is 1. The topological polar surface area (TPSA) is 44.3 Å². The van der Waals surface area contributed by atoms with Crippen molar-refractivity contribution in [2.75, 3.05) is 25.0 Å². The van der Waals surface area contributed by atoms with E-state index in [0.717, 1.165) is 32.5 Å². The highest BCUT2D eigenvalue weighted by Gasteiger charge is 2.17. The van der Waals surface area contributed by atoms with E-state index in [9.17, 15) is 0 Å². The van der Waals surface area contributed by atoms with Crippen LogP contribution in [0.1, 0.15) is 44.2 Å². The van der Waals surface area contributed by atoms with Gasteiger partial charge < -0.3 is 15.7 Å². The number of para-hydroxylation sites is 1. The van der Waals surface area contributed by atoms with Crippen molar-refractivity contribution in [2.24, 2.45) is 5.41 Å². The number of aliphatic hydroxyl groups excluding tert-OH is 1. The van der Waals surface area contributed by atoms with Crippen LogP contribution in [0.2, 0.25) is 0 Å². The van der Waals surface area contributed by atoms with E-state index >= 15 is 0 Å². The lowest BCUT2D eigenvalue weighted by Crippen LogP contribution is -2.29. The first-order valence-electron chi connectivity index (χ1n) is 7.79. The Kier molecular flexibility index (Phi) is 5.44. The van der Waals surface area contributed by atoms with Gasteiger partial charge in [-0.05, 0) is 42.2 Å². The van der Waals surface area contributed by atoms with Crippen LogP contribution in [0.3, 0.4) is 0 Å². The number of hydrogen-bond donors (Lipinski definition) is 3. The van der Waals surface area contributed by atoms with E-state index in [1.54, 1.807) is 0 Å². The first-order valence-corrected chi connectivity index (χ1v) is 7.79. The molecule has 2 rings (SSSR count). The highest BCUT2D eigenvalue weighted by molar-refractivity contribution is 5.59. The minimum absolute atomic E-state index is 0.241. The second kappa shape index (κ2) is 7.09. The molecule has 0 unspecified atom stereocenters. The van der Waals surface area contributed by atoms with Gasteiger partial charge in [0.15, 0.2) is 0 Å². The van der Waals surface area contributed by atoms with E-state index < -0.39 is 0 Å². The third-order valence-corrected chi connectivity index (χ3v) is 4.09. The van der Waals surface area contributed by atoms with E-state index in [-0.39, 0.29) is 5.41 Å². The van der Waals surface area contributed by atoms with E-state index in [0.29, 0.717) is 6.61 Å². The van der Waals surface area contributed by atoms with Gasteiger partial charge in [-0.15, -0.1) is 0 Å². The average Bonchev–Trinajstić information content (AvgIpc) is 2.45. The molecule has 0 atom stereocenters. The Balaban J connectivity index is 1.88. The van der Waals surface area contributed by atoms with Crippen molar-refractivity contribution in [1.29, 1.82) is 0 Å². The zero-order valence-corrected chi connectivity index (χ0v) is 12.8. The molecule has 0 radical (unpaired) electrons. The summed E-state index contributed by atoms with van der Waals surface area (Å²) in [7, 11) is 0. The smallest absolute Gasteiger partial charge is 0.0431 e. The molecular weight excluding hydrogens is 248 g/mol. The summed E-state index contributed by atoms with van der Waals surface area (Å²) in [5.41, 5.74) is 4.42. The predicted octanol–water partition coefficient (Wildman–Crippen LogP) is 2.93. The first kappa shape index (κ1) is 15.3. The molecule has 3 heteroatoms. The highest BCUT2D eigenvalue weighted by atomic mass is 16.2. The van der Waals surface area contributed by atoms with Gasteiger partial charge in [-0.2, -0.15) is 0 Å². The van der Waals surface area contributed by atoms with Crippen LogP contribution in [0, 0.1) is 5.41 Å². The van der Waals surface area contributed by atoms with Crippen molar-refractivity contribution in [1.82, 2.24) is 5.32 Å². The van der Waals surface area contributed by atoms with Gasteiger partial charge in [0, 0.05) is 31.9 Å². The van der Waals surface area contributed by atoms with Gasteiger partial charge in [-0.3, -0.25) is 0 Å². The highest BCUT2D eigenvalue weighted by Crippen LogP contribution is 2.26. The van der Waals surface area contributed by atoms with E-state index in [2.05, 4.69) is 42.7 Å². The van der Waals surface area contributed by atoms with Crippen molar-refractivity contribution in [2.45, 2.75) is 46.1 Å². The maximum absolute atomic E-state index is 8.94. The monoisotopic (exact) mass is 276 g/mol. The average molecular weight is 276 g/mol. The maximum atomic E-state index is 8.94. The van der Waals surface area contributed by atoms with Gasteiger partial charge >= 0.3 is 0 Å². The zero-order valence-electron chi connectivity index (χ0n) is 12.8. The van der Waals surface area contributed by atoms with Crippen molar-refractivity contribution in [3.63, 3.8) is 0 Å². The summed E-state index contributed by atoms with van der Waals surface area (Å²) in [6, 6.07) is 6.61. The fourth-order valence-corrected chi connectivity index (χ4v) is 2.91. The second-order valence-corrected chi connectivity index (χ2v) is 6.58. The van der Waals surface area contributed by atoms with Gasteiger partial charge in [0.1, 0.15) is 0 Å². The largest absolute Gasteiger partial charge is 0.396 e. The Morgan fingerprint density at radius 3 is 3.00 bits per heavy atom. The molecule has 112 valence electrons. The second-order valence-electron chi connectivity index (χ2n) is 6.58. The molecule has 0 bridgehead atoms. The molecule has 0 fully saturated rings. The number of rotatable bonds is 7. The molecule has 0 saturated heterocycles. The fraction of sp³-hybridized carbons (Fsp3) is 0.647. The number of nitrogens with one attached hydrogen (secondary N) is 2. The standard InChI is InChI=1S/C17H28N2O/c1-17(2,9-5-11-20)13-18-12-15-7-3-6-14-8-4-10-19-16(14)15/h3,6-7,18-20H,4-5,8-13H2,1-2H3. The Morgan fingerprint density at radius 2 is 2.20 bits per heavy atom. The molecular formula is C17H28N2O. The van der Waals surface area contributed by atoms with Crippen LogP contribution < -0.4 is 10.6 Å². The Labute approximate surface area is 122 Å². The van der Waals surface area contributed by atoms with Crippen LogP contribution in [-0.4, -0.2) is 24.8 Å². The SMILES string of the molecule is CC(C)(CCCO)CNCc1cccc2c1NCCC2. The van der Waals surface area contributed by atoms with Crippen LogP contribution in [0.25, 0.3) is 0 Å². The lowest BCUT2D eigenvalue weighted by molar-refractivity contribution is 0.236. The van der Waals surface area contributed by atoms with Gasteiger partial charge in [-0.25, -0.2) is 0 Å².